The van der Waals surface area contributed by atoms with Gasteiger partial charge in [0.25, 0.3) is 17.2 Å². The number of hydrogen-bond donors (Lipinski definition) is 0. The van der Waals surface area contributed by atoms with Gasteiger partial charge in [-0.1, -0.05) is 35.9 Å². The molecule has 0 aliphatic carbocycles. The Balaban J connectivity index is 1.64. The largest absolute Gasteiger partial charge is 0.444 e. The maximum Gasteiger partial charge on any atom is 0.410 e. The Hall–Kier alpha value is -4.59. The summed E-state index contributed by atoms with van der Waals surface area (Å²) in [5, 5.41) is 0. The summed E-state index contributed by atoms with van der Waals surface area (Å²) in [6, 6.07) is 12.4. The van der Waals surface area contributed by atoms with Crippen LogP contribution < -0.4 is 5.56 Å². The molecule has 1 aliphatic rings. The van der Waals surface area contributed by atoms with E-state index < -0.39 is 34.7 Å². The van der Waals surface area contributed by atoms with Crippen LogP contribution in [-0.2, 0) is 17.5 Å². The molecule has 8 nitrogen and oxygen atoms in total. The highest BCUT2D eigenvalue weighted by molar-refractivity contribution is 5.95. The molecule has 0 saturated carbocycles. The van der Waals surface area contributed by atoms with Crippen LogP contribution >= 0.6 is 0 Å². The highest BCUT2D eigenvalue weighted by Crippen LogP contribution is 2.37. The number of hydrogen-bond acceptors (Lipinski definition) is 4. The maximum atomic E-state index is 13.9. The Morgan fingerprint density at radius 3 is 2.07 bits per heavy atom. The van der Waals surface area contributed by atoms with Crippen LogP contribution in [0.4, 0.5) is 23.7 Å². The van der Waals surface area contributed by atoms with E-state index in [0.717, 1.165) is 22.8 Å². The predicted molar refractivity (Wildman–Crippen MR) is 156 cm³/mol. The summed E-state index contributed by atoms with van der Waals surface area (Å²) in [6.45, 7) is 17.6. The molecule has 1 aliphatic heterocycles. The van der Waals surface area contributed by atoms with Crippen molar-refractivity contribution in [3.05, 3.63) is 98.1 Å². The number of aryl methyl sites for hydroxylation is 2. The lowest BCUT2D eigenvalue weighted by molar-refractivity contribution is -0.136. The molecular weight excluding hydrogens is 561 g/mol. The maximum absolute atomic E-state index is 13.9. The first kappa shape index (κ1) is 31.3. The molecule has 0 bridgehead atoms. The second-order valence-corrected chi connectivity index (χ2v) is 11.6. The molecule has 4 rings (SSSR count). The summed E-state index contributed by atoms with van der Waals surface area (Å²) < 4.78 is 48.4. The van der Waals surface area contributed by atoms with Crippen molar-refractivity contribution in [3.63, 3.8) is 0 Å². The average Bonchev–Trinajstić information content (AvgIpc) is 2.93. The molecule has 1 fully saturated rings. The second kappa shape index (κ2) is 12.0. The van der Waals surface area contributed by atoms with Gasteiger partial charge in [0.1, 0.15) is 5.60 Å². The second-order valence-electron chi connectivity index (χ2n) is 11.6. The van der Waals surface area contributed by atoms with E-state index in [0.29, 0.717) is 31.7 Å². The molecule has 11 heteroatoms. The number of nitrogens with zero attached hydrogens (tertiary/aromatic N) is 4. The average molecular weight is 595 g/mol. The lowest BCUT2D eigenvalue weighted by atomic mass is 10.0. The lowest BCUT2D eigenvalue weighted by Gasteiger charge is -2.35. The van der Waals surface area contributed by atoms with Crippen molar-refractivity contribution >= 4 is 17.7 Å². The number of aromatic nitrogens is 1. The summed E-state index contributed by atoms with van der Waals surface area (Å²) in [5.41, 5.74) is -0.807. The van der Waals surface area contributed by atoms with Crippen LogP contribution in [0.1, 0.15) is 53.4 Å². The molecule has 0 radical (unpaired) electrons. The topological polar surface area (TPSA) is 76.2 Å². The van der Waals surface area contributed by atoms with Gasteiger partial charge in [-0.3, -0.25) is 9.59 Å². The number of carbonyl (C=O) groups excluding carboxylic acids is 2. The van der Waals surface area contributed by atoms with E-state index in [1.54, 1.807) is 31.7 Å². The molecular formula is C32H33F3N4O4. The Labute approximate surface area is 248 Å². The van der Waals surface area contributed by atoms with Crippen LogP contribution in [0.2, 0.25) is 0 Å². The molecule has 2 heterocycles. The standard InChI is InChI=1S/C32H33F3N4O4/c1-20-7-8-24(21(2)17-20)19-39-26(18-25(32(33,34)35)27(36-6)29(39)41)22-9-11-23(12-10-22)28(40)37-13-15-38(16-14-37)30(42)43-31(3,4)5/h7-12,17-18H,13-16,19H2,1-5H3. The highest BCUT2D eigenvalue weighted by Gasteiger charge is 2.36. The van der Waals surface area contributed by atoms with Crippen molar-refractivity contribution in [2.24, 2.45) is 0 Å². The van der Waals surface area contributed by atoms with Crippen molar-refractivity contribution < 1.29 is 27.5 Å². The fourth-order valence-electron chi connectivity index (χ4n) is 4.93. The van der Waals surface area contributed by atoms with Gasteiger partial charge in [-0.2, -0.15) is 13.2 Å². The summed E-state index contributed by atoms with van der Waals surface area (Å²) in [7, 11) is 0. The summed E-state index contributed by atoms with van der Waals surface area (Å²) >= 11 is 0. The van der Waals surface area contributed by atoms with Gasteiger partial charge in [0.05, 0.1) is 18.7 Å². The van der Waals surface area contributed by atoms with Crippen LogP contribution in [-0.4, -0.2) is 58.1 Å². The van der Waals surface area contributed by atoms with Gasteiger partial charge in [-0.15, -0.1) is 0 Å². The van der Waals surface area contributed by atoms with Crippen molar-refractivity contribution in [3.8, 4) is 11.3 Å². The first-order valence-corrected chi connectivity index (χ1v) is 13.8. The third-order valence-electron chi connectivity index (χ3n) is 7.16. The Kier molecular flexibility index (Phi) is 8.71. The minimum atomic E-state index is -4.91. The van der Waals surface area contributed by atoms with E-state index in [9.17, 15) is 27.6 Å². The fourth-order valence-corrected chi connectivity index (χ4v) is 4.93. The molecule has 1 aromatic heterocycles. The molecule has 3 aromatic rings. The van der Waals surface area contributed by atoms with E-state index in [4.69, 9.17) is 11.3 Å². The number of benzene rings is 2. The Morgan fingerprint density at radius 2 is 1.53 bits per heavy atom. The smallest absolute Gasteiger partial charge is 0.410 e. The number of amides is 2. The van der Waals surface area contributed by atoms with Crippen LogP contribution in [0.25, 0.3) is 16.1 Å². The van der Waals surface area contributed by atoms with Crippen LogP contribution in [0.15, 0.2) is 53.3 Å². The fraction of sp³-hybridized carbons (Fsp3) is 0.375. The molecule has 0 N–H and O–H groups in total. The molecule has 0 spiro atoms. The van der Waals surface area contributed by atoms with Gasteiger partial charge in [-0.05, 0) is 69.5 Å². The number of piperazine rings is 1. The Bertz CT molecular complexity index is 1640. The Morgan fingerprint density at radius 1 is 0.930 bits per heavy atom. The van der Waals surface area contributed by atoms with E-state index in [-0.39, 0.29) is 23.7 Å². The number of pyridine rings is 1. The molecule has 1 saturated heterocycles. The monoisotopic (exact) mass is 594 g/mol. The van der Waals surface area contributed by atoms with Crippen molar-refractivity contribution in [2.75, 3.05) is 26.2 Å². The van der Waals surface area contributed by atoms with Crippen molar-refractivity contribution in [1.82, 2.24) is 14.4 Å². The summed E-state index contributed by atoms with van der Waals surface area (Å²) in [5.74, 6) is -0.289. The third-order valence-corrected chi connectivity index (χ3v) is 7.16. The minimum Gasteiger partial charge on any atom is -0.444 e. The summed E-state index contributed by atoms with van der Waals surface area (Å²) in [6.07, 6.45) is -5.36. The molecule has 2 aromatic carbocycles. The first-order chi connectivity index (χ1) is 20.1. The van der Waals surface area contributed by atoms with Crippen LogP contribution in [0.5, 0.6) is 0 Å². The minimum absolute atomic E-state index is 0.0188. The molecule has 43 heavy (non-hydrogen) atoms. The highest BCUT2D eigenvalue weighted by atomic mass is 19.4. The number of alkyl halides is 3. The van der Waals surface area contributed by atoms with Gasteiger partial charge in [0, 0.05) is 37.4 Å². The van der Waals surface area contributed by atoms with E-state index in [1.165, 1.54) is 33.7 Å². The number of halogens is 3. The molecule has 2 amide bonds. The first-order valence-electron chi connectivity index (χ1n) is 13.8. The molecule has 226 valence electrons. The van der Waals surface area contributed by atoms with Gasteiger partial charge in [-0.25, -0.2) is 9.64 Å². The normalized spacial score (nSPS) is 13.9. The van der Waals surface area contributed by atoms with E-state index >= 15 is 0 Å². The van der Waals surface area contributed by atoms with Crippen LogP contribution in [0, 0.1) is 20.4 Å². The van der Waals surface area contributed by atoms with E-state index in [2.05, 4.69) is 4.85 Å². The van der Waals surface area contributed by atoms with Gasteiger partial charge in [0.2, 0.25) is 0 Å². The van der Waals surface area contributed by atoms with Crippen molar-refractivity contribution in [2.45, 2.75) is 52.9 Å². The van der Waals surface area contributed by atoms with E-state index in [1.807, 2.05) is 26.0 Å². The predicted octanol–water partition coefficient (Wildman–Crippen LogP) is 6.44. The van der Waals surface area contributed by atoms with Crippen molar-refractivity contribution in [1.29, 1.82) is 0 Å². The zero-order chi connectivity index (χ0) is 31.7. The number of rotatable bonds is 4. The van der Waals surface area contributed by atoms with Gasteiger partial charge in [0.15, 0.2) is 0 Å². The zero-order valence-corrected chi connectivity index (χ0v) is 24.7. The summed E-state index contributed by atoms with van der Waals surface area (Å²) in [4.78, 5) is 45.0. The molecule has 0 unspecified atom stereocenters. The van der Waals surface area contributed by atoms with Gasteiger partial charge >= 0.3 is 12.3 Å². The molecule has 0 atom stereocenters. The van der Waals surface area contributed by atoms with Crippen LogP contribution in [0.3, 0.4) is 0 Å². The third kappa shape index (κ3) is 7.08. The zero-order valence-electron chi connectivity index (χ0n) is 24.7. The number of carbonyl (C=O) groups is 2. The lowest BCUT2D eigenvalue weighted by Crippen LogP contribution is -2.51. The van der Waals surface area contributed by atoms with Gasteiger partial charge < -0.3 is 19.1 Å². The SMILES string of the molecule is [C-]#[N+]c1c(C(F)(F)F)cc(-c2ccc(C(=O)N3CCN(C(=O)OC(C)(C)C)CC3)cc2)n(Cc2ccc(C)cc2C)c1=O. The quantitative estimate of drug-likeness (QED) is 0.326. The number of ether oxygens (including phenoxy) is 1.